The van der Waals surface area contributed by atoms with Crippen LogP contribution in [0.1, 0.15) is 5.69 Å². The van der Waals surface area contributed by atoms with Gasteiger partial charge in [0.05, 0.1) is 11.5 Å². The number of aliphatic hydroxyl groups excluding tert-OH is 1. The highest BCUT2D eigenvalue weighted by atomic mass is 32.2. The molecule has 7 nitrogen and oxygen atoms in total. The lowest BCUT2D eigenvalue weighted by molar-refractivity contribution is 0.278. The standard InChI is InChI=1S/C16H18N4O3S/c17-6-8-19-24(22,23)13-3-1-11(2-4-13)14-5-7-18-16-15(14)9-12(10-21)20-16/h1-5,7,9,19,21H,6,8,10,17H2,(H,18,20). The molecule has 0 atom stereocenters. The quantitative estimate of drug-likeness (QED) is 0.530. The SMILES string of the molecule is NCCNS(=O)(=O)c1ccc(-c2ccnc3[nH]c(CO)cc23)cc1. The molecule has 24 heavy (non-hydrogen) atoms. The molecular weight excluding hydrogens is 328 g/mol. The molecule has 2 aromatic heterocycles. The topological polar surface area (TPSA) is 121 Å². The summed E-state index contributed by atoms with van der Waals surface area (Å²) < 4.78 is 26.6. The van der Waals surface area contributed by atoms with Gasteiger partial charge in [0.1, 0.15) is 5.65 Å². The summed E-state index contributed by atoms with van der Waals surface area (Å²) in [5.41, 5.74) is 8.46. The van der Waals surface area contributed by atoms with E-state index in [4.69, 9.17) is 5.73 Å². The molecule has 8 heteroatoms. The molecule has 0 amide bonds. The Labute approximate surface area is 139 Å². The second-order valence-electron chi connectivity index (χ2n) is 5.28. The third kappa shape index (κ3) is 3.17. The summed E-state index contributed by atoms with van der Waals surface area (Å²) >= 11 is 0. The average molecular weight is 346 g/mol. The van der Waals surface area contributed by atoms with Crippen LogP contribution >= 0.6 is 0 Å². The van der Waals surface area contributed by atoms with E-state index in [1.54, 1.807) is 30.5 Å². The molecule has 0 saturated heterocycles. The highest BCUT2D eigenvalue weighted by Crippen LogP contribution is 2.28. The first-order valence-electron chi connectivity index (χ1n) is 7.43. The molecule has 0 bridgehead atoms. The van der Waals surface area contributed by atoms with E-state index in [-0.39, 0.29) is 24.6 Å². The van der Waals surface area contributed by atoms with Crippen LogP contribution in [0.25, 0.3) is 22.2 Å². The Morgan fingerprint density at radius 1 is 1.21 bits per heavy atom. The highest BCUT2D eigenvalue weighted by molar-refractivity contribution is 7.89. The number of aromatic amines is 1. The molecule has 0 aliphatic rings. The maximum absolute atomic E-state index is 12.1. The Bertz CT molecular complexity index is 949. The van der Waals surface area contributed by atoms with Crippen molar-refractivity contribution in [3.8, 4) is 11.1 Å². The lowest BCUT2D eigenvalue weighted by atomic mass is 10.0. The number of nitrogens with one attached hydrogen (secondary N) is 2. The van der Waals surface area contributed by atoms with Crippen molar-refractivity contribution in [3.63, 3.8) is 0 Å². The largest absolute Gasteiger partial charge is 0.390 e. The number of nitrogens with zero attached hydrogens (tertiary/aromatic N) is 1. The maximum Gasteiger partial charge on any atom is 0.240 e. The molecule has 0 saturated carbocycles. The van der Waals surface area contributed by atoms with Crippen molar-refractivity contribution in [3.05, 3.63) is 48.3 Å². The number of nitrogens with two attached hydrogens (primary N) is 1. The average Bonchev–Trinajstić information content (AvgIpc) is 3.03. The number of H-pyrrole nitrogens is 1. The van der Waals surface area contributed by atoms with Gasteiger partial charge >= 0.3 is 0 Å². The summed E-state index contributed by atoms with van der Waals surface area (Å²) in [6, 6.07) is 10.3. The lowest BCUT2D eigenvalue weighted by Crippen LogP contribution is -2.29. The van der Waals surface area contributed by atoms with Crippen LogP contribution in [0.3, 0.4) is 0 Å². The fraction of sp³-hybridized carbons (Fsp3) is 0.188. The number of fused-ring (bicyclic) bond motifs is 1. The molecule has 0 spiro atoms. The molecule has 0 radical (unpaired) electrons. The summed E-state index contributed by atoms with van der Waals surface area (Å²) in [4.78, 5) is 7.47. The van der Waals surface area contributed by atoms with Crippen molar-refractivity contribution in [2.45, 2.75) is 11.5 Å². The highest BCUT2D eigenvalue weighted by Gasteiger charge is 2.14. The molecule has 0 fully saturated rings. The molecule has 1 aromatic carbocycles. The van der Waals surface area contributed by atoms with Crippen LogP contribution in [0.2, 0.25) is 0 Å². The number of aromatic nitrogens is 2. The Kier molecular flexibility index (Phi) is 4.63. The minimum Gasteiger partial charge on any atom is -0.390 e. The van der Waals surface area contributed by atoms with Crippen LogP contribution in [0.5, 0.6) is 0 Å². The zero-order valence-corrected chi connectivity index (χ0v) is 13.7. The van der Waals surface area contributed by atoms with Crippen molar-refractivity contribution in [1.82, 2.24) is 14.7 Å². The first kappa shape index (κ1) is 16.6. The van der Waals surface area contributed by atoms with Gasteiger partial charge in [-0.05, 0) is 35.4 Å². The van der Waals surface area contributed by atoms with Crippen molar-refractivity contribution >= 4 is 21.1 Å². The van der Waals surface area contributed by atoms with Crippen LogP contribution in [0.15, 0.2) is 47.5 Å². The third-order valence-electron chi connectivity index (χ3n) is 3.67. The van der Waals surface area contributed by atoms with E-state index in [0.717, 1.165) is 16.5 Å². The molecule has 3 aromatic rings. The molecule has 0 aliphatic carbocycles. The number of hydrogen-bond acceptors (Lipinski definition) is 5. The Morgan fingerprint density at radius 2 is 1.96 bits per heavy atom. The van der Waals surface area contributed by atoms with Crippen molar-refractivity contribution in [2.75, 3.05) is 13.1 Å². The Morgan fingerprint density at radius 3 is 2.62 bits per heavy atom. The minimum absolute atomic E-state index is 0.0974. The fourth-order valence-corrected chi connectivity index (χ4v) is 3.56. The van der Waals surface area contributed by atoms with E-state index in [1.165, 1.54) is 0 Å². The summed E-state index contributed by atoms with van der Waals surface area (Å²) in [6.45, 7) is 0.342. The second-order valence-corrected chi connectivity index (χ2v) is 7.05. The molecule has 3 rings (SSSR count). The van der Waals surface area contributed by atoms with Gasteiger partial charge in [0.15, 0.2) is 0 Å². The second kappa shape index (κ2) is 6.70. The van der Waals surface area contributed by atoms with E-state index >= 15 is 0 Å². The summed E-state index contributed by atoms with van der Waals surface area (Å²) in [6.07, 6.45) is 1.67. The third-order valence-corrected chi connectivity index (χ3v) is 5.15. The van der Waals surface area contributed by atoms with Gasteiger partial charge in [0, 0.05) is 30.4 Å². The normalized spacial score (nSPS) is 11.9. The number of rotatable bonds is 6. The van der Waals surface area contributed by atoms with Crippen molar-refractivity contribution < 1.29 is 13.5 Å². The lowest BCUT2D eigenvalue weighted by Gasteiger charge is -2.07. The predicted octanol–water partition coefficient (Wildman–Crippen LogP) is 0.959. The van der Waals surface area contributed by atoms with Crippen LogP contribution in [-0.4, -0.2) is 36.6 Å². The van der Waals surface area contributed by atoms with Crippen LogP contribution in [0, 0.1) is 0 Å². The van der Waals surface area contributed by atoms with Gasteiger partial charge in [-0.25, -0.2) is 18.1 Å². The molecule has 0 unspecified atom stereocenters. The Balaban J connectivity index is 1.98. The summed E-state index contributed by atoms with van der Waals surface area (Å²) in [7, 11) is -3.55. The molecule has 126 valence electrons. The van der Waals surface area contributed by atoms with Crippen LogP contribution < -0.4 is 10.5 Å². The molecular formula is C16H18N4O3S. The zero-order chi connectivity index (χ0) is 17.2. The maximum atomic E-state index is 12.1. The predicted molar refractivity (Wildman–Crippen MR) is 91.7 cm³/mol. The van der Waals surface area contributed by atoms with Crippen LogP contribution in [0.4, 0.5) is 0 Å². The first-order chi connectivity index (χ1) is 11.5. The molecule has 0 aliphatic heterocycles. The van der Waals surface area contributed by atoms with Crippen LogP contribution in [-0.2, 0) is 16.6 Å². The van der Waals surface area contributed by atoms with E-state index in [9.17, 15) is 13.5 Å². The van der Waals surface area contributed by atoms with E-state index in [2.05, 4.69) is 14.7 Å². The molecule has 5 N–H and O–H groups in total. The van der Waals surface area contributed by atoms with Gasteiger partial charge in [0.2, 0.25) is 10.0 Å². The van der Waals surface area contributed by atoms with Gasteiger partial charge in [-0.2, -0.15) is 0 Å². The van der Waals surface area contributed by atoms with Crippen molar-refractivity contribution in [2.24, 2.45) is 5.73 Å². The van der Waals surface area contributed by atoms with E-state index in [0.29, 0.717) is 11.3 Å². The summed E-state index contributed by atoms with van der Waals surface area (Å²) in [5, 5.41) is 10.1. The number of sulfonamides is 1. The monoisotopic (exact) mass is 346 g/mol. The van der Waals surface area contributed by atoms with E-state index < -0.39 is 10.0 Å². The van der Waals surface area contributed by atoms with E-state index in [1.807, 2.05) is 12.1 Å². The first-order valence-corrected chi connectivity index (χ1v) is 8.91. The number of hydrogen-bond donors (Lipinski definition) is 4. The Hall–Kier alpha value is -2.26. The number of pyridine rings is 1. The molecule has 2 heterocycles. The summed E-state index contributed by atoms with van der Waals surface area (Å²) in [5.74, 6) is 0. The smallest absolute Gasteiger partial charge is 0.240 e. The van der Waals surface area contributed by atoms with Gasteiger partial charge in [-0.15, -0.1) is 0 Å². The van der Waals surface area contributed by atoms with Crippen molar-refractivity contribution in [1.29, 1.82) is 0 Å². The minimum atomic E-state index is -3.55. The number of aliphatic hydroxyl groups is 1. The van der Waals surface area contributed by atoms with Gasteiger partial charge in [-0.1, -0.05) is 12.1 Å². The zero-order valence-electron chi connectivity index (χ0n) is 12.9. The fourth-order valence-electron chi connectivity index (χ4n) is 2.51. The van der Waals surface area contributed by atoms with Gasteiger partial charge in [-0.3, -0.25) is 0 Å². The number of benzene rings is 1. The van der Waals surface area contributed by atoms with Gasteiger partial charge < -0.3 is 15.8 Å². The van der Waals surface area contributed by atoms with Gasteiger partial charge in [0.25, 0.3) is 0 Å².